The predicted molar refractivity (Wildman–Crippen MR) is 84.6 cm³/mol. The van der Waals surface area contributed by atoms with Crippen LogP contribution in [0.5, 0.6) is 0 Å². The topological polar surface area (TPSA) is 51.8 Å². The smallest absolute Gasteiger partial charge is 0.192 e. The minimum atomic E-state index is 0.613. The summed E-state index contributed by atoms with van der Waals surface area (Å²) in [5, 5.41) is 1.47. The molecular formula is C15H18ClN3S. The van der Waals surface area contributed by atoms with E-state index in [9.17, 15) is 0 Å². The van der Waals surface area contributed by atoms with Crippen molar-refractivity contribution in [1.29, 1.82) is 0 Å². The lowest BCUT2D eigenvalue weighted by Crippen LogP contribution is -2.04. The van der Waals surface area contributed by atoms with Gasteiger partial charge in [0.25, 0.3) is 0 Å². The highest BCUT2D eigenvalue weighted by Crippen LogP contribution is 2.31. The fraction of sp³-hybridized carbons (Fsp3) is 0.333. The fourth-order valence-electron chi connectivity index (χ4n) is 1.87. The van der Waals surface area contributed by atoms with Gasteiger partial charge >= 0.3 is 0 Å². The molecule has 1 aromatic carbocycles. The van der Waals surface area contributed by atoms with Gasteiger partial charge in [0.05, 0.1) is 0 Å². The highest BCUT2D eigenvalue weighted by Gasteiger charge is 2.10. The Bertz CT molecular complexity index is 606. The fourth-order valence-corrected chi connectivity index (χ4v) is 3.16. The first kappa shape index (κ1) is 15.3. The third kappa shape index (κ3) is 3.51. The van der Waals surface area contributed by atoms with Gasteiger partial charge < -0.3 is 5.73 Å². The first-order valence-corrected chi connectivity index (χ1v) is 7.69. The van der Waals surface area contributed by atoms with Gasteiger partial charge in [-0.1, -0.05) is 17.7 Å². The number of aromatic nitrogens is 2. The number of hydrogen-bond acceptors (Lipinski definition) is 4. The second-order valence-electron chi connectivity index (χ2n) is 4.69. The van der Waals surface area contributed by atoms with Crippen molar-refractivity contribution in [2.24, 2.45) is 5.73 Å². The molecule has 0 aliphatic carbocycles. The van der Waals surface area contributed by atoms with Gasteiger partial charge in [-0.05, 0) is 68.8 Å². The number of nitrogens with zero attached hydrogens (tertiary/aromatic N) is 2. The summed E-state index contributed by atoms with van der Waals surface area (Å²) >= 11 is 7.63. The lowest BCUT2D eigenvalue weighted by atomic mass is 10.1. The van der Waals surface area contributed by atoms with Crippen LogP contribution in [0.25, 0.3) is 0 Å². The number of rotatable bonds is 4. The van der Waals surface area contributed by atoms with Crippen LogP contribution in [-0.2, 0) is 6.42 Å². The maximum Gasteiger partial charge on any atom is 0.192 e. The van der Waals surface area contributed by atoms with E-state index in [2.05, 4.69) is 9.97 Å². The highest BCUT2D eigenvalue weighted by molar-refractivity contribution is 7.99. The molecule has 20 heavy (non-hydrogen) atoms. The number of nitrogens with two attached hydrogens (primary N) is 1. The van der Waals surface area contributed by atoms with Crippen LogP contribution in [0.2, 0.25) is 5.02 Å². The van der Waals surface area contributed by atoms with Crippen LogP contribution >= 0.6 is 23.4 Å². The molecule has 0 amide bonds. The summed E-state index contributed by atoms with van der Waals surface area (Å²) in [7, 11) is 0. The van der Waals surface area contributed by atoms with Crippen molar-refractivity contribution in [2.75, 3.05) is 6.54 Å². The number of halogens is 1. The van der Waals surface area contributed by atoms with E-state index in [0.717, 1.165) is 33.4 Å². The molecule has 0 saturated heterocycles. The number of benzene rings is 1. The third-order valence-corrected chi connectivity index (χ3v) is 4.46. The molecule has 0 bridgehead atoms. The Morgan fingerprint density at radius 2 is 1.80 bits per heavy atom. The molecule has 2 rings (SSSR count). The van der Waals surface area contributed by atoms with E-state index < -0.39 is 0 Å². The average molecular weight is 308 g/mol. The molecule has 0 unspecified atom stereocenters. The van der Waals surface area contributed by atoms with Crippen LogP contribution in [-0.4, -0.2) is 16.5 Å². The molecule has 1 heterocycles. The Morgan fingerprint density at radius 1 is 1.15 bits per heavy atom. The monoisotopic (exact) mass is 307 g/mol. The van der Waals surface area contributed by atoms with E-state index in [1.54, 1.807) is 11.8 Å². The molecule has 0 saturated carbocycles. The molecule has 3 nitrogen and oxygen atoms in total. The van der Waals surface area contributed by atoms with Crippen molar-refractivity contribution in [3.8, 4) is 0 Å². The molecule has 0 spiro atoms. The highest BCUT2D eigenvalue weighted by atomic mass is 35.5. The standard InChI is InChI=1S/C15H18ClN3S/c1-9-10(2)18-15(19-11(9)3)20-14-8-13(16)5-4-12(14)6-7-17/h4-5,8H,6-7,17H2,1-3H3. The summed E-state index contributed by atoms with van der Waals surface area (Å²) in [5.41, 5.74) is 10.0. The predicted octanol–water partition coefficient (Wildman–Crippen LogP) is 3.71. The van der Waals surface area contributed by atoms with Gasteiger partial charge in [-0.3, -0.25) is 0 Å². The molecule has 0 aliphatic heterocycles. The van der Waals surface area contributed by atoms with Crippen LogP contribution in [0.3, 0.4) is 0 Å². The van der Waals surface area contributed by atoms with E-state index in [1.165, 1.54) is 5.56 Å². The summed E-state index contributed by atoms with van der Waals surface area (Å²) in [4.78, 5) is 10.1. The van der Waals surface area contributed by atoms with Crippen molar-refractivity contribution in [2.45, 2.75) is 37.2 Å². The van der Waals surface area contributed by atoms with Crippen molar-refractivity contribution in [1.82, 2.24) is 9.97 Å². The normalized spacial score (nSPS) is 10.8. The minimum absolute atomic E-state index is 0.613. The van der Waals surface area contributed by atoms with E-state index in [0.29, 0.717) is 11.6 Å². The van der Waals surface area contributed by atoms with E-state index in [-0.39, 0.29) is 0 Å². The van der Waals surface area contributed by atoms with Gasteiger partial charge in [-0.15, -0.1) is 0 Å². The molecule has 0 aliphatic rings. The van der Waals surface area contributed by atoms with Crippen molar-refractivity contribution >= 4 is 23.4 Å². The Labute approximate surface area is 129 Å². The molecule has 106 valence electrons. The Balaban J connectivity index is 2.36. The summed E-state index contributed by atoms with van der Waals surface area (Å²) in [5.74, 6) is 0. The van der Waals surface area contributed by atoms with Gasteiger partial charge in [0, 0.05) is 21.3 Å². The SMILES string of the molecule is Cc1nc(Sc2cc(Cl)ccc2CCN)nc(C)c1C. The van der Waals surface area contributed by atoms with Crippen LogP contribution in [0, 0.1) is 20.8 Å². The number of aryl methyl sites for hydroxylation is 2. The lowest BCUT2D eigenvalue weighted by Gasteiger charge is -2.10. The zero-order chi connectivity index (χ0) is 14.7. The van der Waals surface area contributed by atoms with Gasteiger partial charge in [0.15, 0.2) is 5.16 Å². The third-order valence-electron chi connectivity index (χ3n) is 3.26. The molecule has 2 N–H and O–H groups in total. The van der Waals surface area contributed by atoms with E-state index in [1.807, 2.05) is 39.0 Å². The Hall–Kier alpha value is -1.10. The molecule has 2 aromatic rings. The quantitative estimate of drug-likeness (QED) is 0.875. The summed E-state index contributed by atoms with van der Waals surface area (Å²) in [6.45, 7) is 6.67. The molecule has 5 heteroatoms. The van der Waals surface area contributed by atoms with Crippen molar-refractivity contribution in [3.05, 3.63) is 45.7 Å². The second-order valence-corrected chi connectivity index (χ2v) is 6.14. The van der Waals surface area contributed by atoms with Crippen LogP contribution in [0.1, 0.15) is 22.5 Å². The average Bonchev–Trinajstić information content (AvgIpc) is 2.39. The maximum absolute atomic E-state index is 6.09. The maximum atomic E-state index is 6.09. The van der Waals surface area contributed by atoms with E-state index in [4.69, 9.17) is 17.3 Å². The van der Waals surface area contributed by atoms with Crippen LogP contribution in [0.4, 0.5) is 0 Å². The van der Waals surface area contributed by atoms with Gasteiger partial charge in [-0.2, -0.15) is 0 Å². The summed E-state index contributed by atoms with van der Waals surface area (Å²) < 4.78 is 0. The first-order valence-electron chi connectivity index (χ1n) is 6.49. The Kier molecular flexibility index (Phi) is 5.02. The summed E-state index contributed by atoms with van der Waals surface area (Å²) in [6, 6.07) is 5.86. The lowest BCUT2D eigenvalue weighted by molar-refractivity contribution is 0.878. The summed E-state index contributed by atoms with van der Waals surface area (Å²) in [6.07, 6.45) is 0.823. The zero-order valence-corrected chi connectivity index (χ0v) is 13.5. The molecule has 1 aromatic heterocycles. The molecular weight excluding hydrogens is 290 g/mol. The first-order chi connectivity index (χ1) is 9.51. The van der Waals surface area contributed by atoms with Crippen LogP contribution in [0.15, 0.2) is 28.3 Å². The van der Waals surface area contributed by atoms with Gasteiger partial charge in [-0.25, -0.2) is 9.97 Å². The number of hydrogen-bond donors (Lipinski definition) is 1. The molecule has 0 atom stereocenters. The molecule has 0 radical (unpaired) electrons. The minimum Gasteiger partial charge on any atom is -0.330 e. The van der Waals surface area contributed by atoms with Crippen LogP contribution < -0.4 is 5.73 Å². The van der Waals surface area contributed by atoms with Crippen molar-refractivity contribution < 1.29 is 0 Å². The second kappa shape index (κ2) is 6.57. The Morgan fingerprint density at radius 3 is 2.40 bits per heavy atom. The van der Waals surface area contributed by atoms with E-state index >= 15 is 0 Å². The van der Waals surface area contributed by atoms with Crippen molar-refractivity contribution in [3.63, 3.8) is 0 Å². The van der Waals surface area contributed by atoms with Gasteiger partial charge in [0.1, 0.15) is 0 Å². The zero-order valence-electron chi connectivity index (χ0n) is 11.9. The van der Waals surface area contributed by atoms with Gasteiger partial charge in [0.2, 0.25) is 0 Å². The molecule has 0 fully saturated rings. The largest absolute Gasteiger partial charge is 0.330 e.